The fraction of sp³-hybridized carbons (Fsp3) is 0.643. The number of piperazine rings is 1. The average Bonchev–Trinajstić information content (AvgIpc) is 3.32. The van der Waals surface area contributed by atoms with Crippen molar-refractivity contribution in [1.82, 2.24) is 29.5 Å². The highest BCUT2D eigenvalue weighted by Gasteiger charge is 2.75. The first-order valence-corrected chi connectivity index (χ1v) is 14.5. The van der Waals surface area contributed by atoms with Crippen molar-refractivity contribution < 1.29 is 24.2 Å². The van der Waals surface area contributed by atoms with Crippen LogP contribution in [0.15, 0.2) is 18.6 Å². The second kappa shape index (κ2) is 10.6. The van der Waals surface area contributed by atoms with Gasteiger partial charge in [-0.3, -0.25) is 19.2 Å². The fourth-order valence-electron chi connectivity index (χ4n) is 7.17. The van der Waals surface area contributed by atoms with Gasteiger partial charge >= 0.3 is 11.9 Å². The van der Waals surface area contributed by atoms with E-state index >= 15 is 0 Å². The van der Waals surface area contributed by atoms with Crippen LogP contribution < -0.4 is 10.6 Å². The number of esters is 1. The number of nitrogens with zero attached hydrogens (tertiary/aromatic N) is 6. The first-order valence-electron chi connectivity index (χ1n) is 14.5. The largest absolute Gasteiger partial charge is 0.481 e. The standard InChI is InChI=1S/C28H38N8O5/c1-3-41-23(37)21-13-29-26(32-19-12-30-34(2)14-19)33-22(21)31-18-4-6-20(7-5-18)35-8-10-36(11-9-35)24(38)27-15-28(16-27,17-27)25(39)40/h12-14,18,20H,3-11,15-17H2,1-2H3,(H,39,40)(H2,29,31,32,33). The number of anilines is 3. The van der Waals surface area contributed by atoms with Crippen LogP contribution in [-0.2, 0) is 21.4 Å². The van der Waals surface area contributed by atoms with Gasteiger partial charge in [0.1, 0.15) is 11.4 Å². The molecule has 2 aromatic heterocycles. The molecule has 1 aliphatic heterocycles. The molecule has 0 atom stereocenters. The van der Waals surface area contributed by atoms with Gasteiger partial charge in [-0.1, -0.05) is 0 Å². The van der Waals surface area contributed by atoms with Crippen molar-refractivity contribution in [3.63, 3.8) is 0 Å². The maximum Gasteiger partial charge on any atom is 0.343 e. The van der Waals surface area contributed by atoms with Gasteiger partial charge in [0.25, 0.3) is 0 Å². The zero-order valence-corrected chi connectivity index (χ0v) is 23.6. The molecule has 7 rings (SSSR count). The number of amides is 1. The SMILES string of the molecule is CCOC(=O)c1cnc(Nc2cnn(C)c2)nc1NC1CCC(N2CCN(C(=O)C34CC(C(=O)O)(C3)C4)CC2)CC1. The smallest absolute Gasteiger partial charge is 0.343 e. The molecule has 2 aromatic rings. The van der Waals surface area contributed by atoms with E-state index in [0.717, 1.165) is 44.5 Å². The molecule has 13 nitrogen and oxygen atoms in total. The quantitative estimate of drug-likeness (QED) is 0.383. The molecule has 1 saturated heterocycles. The van der Waals surface area contributed by atoms with Gasteiger partial charge < -0.3 is 25.4 Å². The summed E-state index contributed by atoms with van der Waals surface area (Å²) in [5.74, 6) is -0.222. The van der Waals surface area contributed by atoms with Crippen molar-refractivity contribution >= 4 is 35.3 Å². The molecule has 13 heteroatoms. The zero-order valence-electron chi connectivity index (χ0n) is 23.6. The molecule has 5 aliphatic rings. The van der Waals surface area contributed by atoms with Gasteiger partial charge in [-0.05, 0) is 51.9 Å². The Balaban J connectivity index is 1.02. The number of hydrogen-bond donors (Lipinski definition) is 3. The highest BCUT2D eigenvalue weighted by Crippen LogP contribution is 2.73. The topological polar surface area (TPSA) is 155 Å². The molecule has 3 N–H and O–H groups in total. The van der Waals surface area contributed by atoms with Gasteiger partial charge in [-0.2, -0.15) is 10.1 Å². The van der Waals surface area contributed by atoms with Gasteiger partial charge in [-0.15, -0.1) is 0 Å². The van der Waals surface area contributed by atoms with E-state index in [1.807, 2.05) is 18.1 Å². The summed E-state index contributed by atoms with van der Waals surface area (Å²) in [6.07, 6.45) is 10.4. The van der Waals surface area contributed by atoms with E-state index in [4.69, 9.17) is 4.74 Å². The maximum atomic E-state index is 13.1. The minimum Gasteiger partial charge on any atom is -0.481 e. The van der Waals surface area contributed by atoms with E-state index in [-0.39, 0.29) is 18.6 Å². The number of hydrogen-bond acceptors (Lipinski definition) is 10. The molecule has 220 valence electrons. The van der Waals surface area contributed by atoms with E-state index in [1.54, 1.807) is 17.8 Å². The van der Waals surface area contributed by atoms with Crippen molar-refractivity contribution in [1.29, 1.82) is 0 Å². The number of carbonyl (C=O) groups excluding carboxylic acids is 2. The van der Waals surface area contributed by atoms with Crippen molar-refractivity contribution in [2.24, 2.45) is 17.9 Å². The minimum atomic E-state index is -0.749. The zero-order chi connectivity index (χ0) is 28.8. The summed E-state index contributed by atoms with van der Waals surface area (Å²) < 4.78 is 6.92. The Labute approximate surface area is 238 Å². The monoisotopic (exact) mass is 566 g/mol. The van der Waals surface area contributed by atoms with Crippen molar-refractivity contribution in [3.8, 4) is 0 Å². The van der Waals surface area contributed by atoms with Crippen LogP contribution in [0.2, 0.25) is 0 Å². The molecule has 0 unspecified atom stereocenters. The van der Waals surface area contributed by atoms with Gasteiger partial charge in [0.15, 0.2) is 0 Å². The lowest BCUT2D eigenvalue weighted by atomic mass is 9.34. The Bertz CT molecular complexity index is 1310. The first kappa shape index (κ1) is 27.4. The lowest BCUT2D eigenvalue weighted by Gasteiger charge is -2.67. The van der Waals surface area contributed by atoms with Crippen molar-refractivity contribution in [3.05, 3.63) is 24.2 Å². The molecule has 0 radical (unpaired) electrons. The van der Waals surface area contributed by atoms with E-state index < -0.39 is 22.8 Å². The second-order valence-electron chi connectivity index (χ2n) is 12.1. The van der Waals surface area contributed by atoms with E-state index in [2.05, 4.69) is 30.6 Å². The molecular formula is C28H38N8O5. The second-order valence-corrected chi connectivity index (χ2v) is 12.1. The number of carboxylic acids is 1. The number of aromatic nitrogens is 4. The molecule has 3 heterocycles. The summed E-state index contributed by atoms with van der Waals surface area (Å²) in [5, 5.41) is 20.1. The third kappa shape index (κ3) is 5.11. The summed E-state index contributed by atoms with van der Waals surface area (Å²) in [6, 6.07) is 0.613. The summed E-state index contributed by atoms with van der Waals surface area (Å²) in [7, 11) is 1.83. The van der Waals surface area contributed by atoms with E-state index in [1.165, 1.54) is 6.20 Å². The fourth-order valence-corrected chi connectivity index (χ4v) is 7.17. The molecular weight excluding hydrogens is 528 g/mol. The third-order valence-electron chi connectivity index (χ3n) is 9.34. The molecule has 2 bridgehead atoms. The van der Waals surface area contributed by atoms with Gasteiger partial charge in [0.05, 0.1) is 29.3 Å². The summed E-state index contributed by atoms with van der Waals surface area (Å²) >= 11 is 0. The van der Waals surface area contributed by atoms with Crippen molar-refractivity contribution in [2.45, 2.75) is 64.0 Å². The van der Waals surface area contributed by atoms with Crippen LogP contribution in [0.25, 0.3) is 0 Å². The molecule has 4 saturated carbocycles. The Morgan fingerprint density at radius 2 is 1.76 bits per heavy atom. The van der Waals surface area contributed by atoms with Crippen molar-refractivity contribution in [2.75, 3.05) is 43.4 Å². The number of aryl methyl sites for hydroxylation is 1. The van der Waals surface area contributed by atoms with Crippen LogP contribution in [0.5, 0.6) is 0 Å². The number of ether oxygens (including phenoxy) is 1. The molecule has 4 aliphatic carbocycles. The van der Waals surface area contributed by atoms with Crippen LogP contribution in [-0.4, -0.2) is 97.4 Å². The van der Waals surface area contributed by atoms with E-state index in [9.17, 15) is 19.5 Å². The summed E-state index contributed by atoms with van der Waals surface area (Å²) in [5.41, 5.74) is 0.0356. The molecule has 5 fully saturated rings. The third-order valence-corrected chi connectivity index (χ3v) is 9.34. The molecule has 1 amide bonds. The van der Waals surface area contributed by atoms with Crippen LogP contribution >= 0.6 is 0 Å². The van der Waals surface area contributed by atoms with Gasteiger partial charge in [0.2, 0.25) is 11.9 Å². The lowest BCUT2D eigenvalue weighted by Crippen LogP contribution is -2.71. The summed E-state index contributed by atoms with van der Waals surface area (Å²) in [6.45, 7) is 5.13. The first-order chi connectivity index (χ1) is 19.7. The number of carbonyl (C=O) groups is 3. The summed E-state index contributed by atoms with van der Waals surface area (Å²) in [4.78, 5) is 50.5. The van der Waals surface area contributed by atoms with Crippen LogP contribution in [0.4, 0.5) is 17.5 Å². The number of nitrogens with one attached hydrogen (secondary N) is 2. The minimum absolute atomic E-state index is 0.160. The number of rotatable bonds is 9. The van der Waals surface area contributed by atoms with Gasteiger partial charge in [0, 0.05) is 57.7 Å². The predicted molar refractivity (Wildman–Crippen MR) is 149 cm³/mol. The number of aliphatic carboxylic acids is 1. The highest BCUT2D eigenvalue weighted by molar-refractivity contribution is 5.95. The Morgan fingerprint density at radius 1 is 1.05 bits per heavy atom. The normalized spacial score (nSPS) is 29.2. The maximum absolute atomic E-state index is 13.1. The average molecular weight is 567 g/mol. The Morgan fingerprint density at radius 3 is 2.37 bits per heavy atom. The Kier molecular flexibility index (Phi) is 7.08. The molecule has 0 aromatic carbocycles. The predicted octanol–water partition coefficient (Wildman–Crippen LogP) is 2.25. The highest BCUT2D eigenvalue weighted by atomic mass is 16.5. The van der Waals surface area contributed by atoms with Crippen LogP contribution in [0.1, 0.15) is 62.2 Å². The van der Waals surface area contributed by atoms with E-state index in [0.29, 0.717) is 55.7 Å². The Hall–Kier alpha value is -3.74. The van der Waals surface area contributed by atoms with Crippen LogP contribution in [0.3, 0.4) is 0 Å². The van der Waals surface area contributed by atoms with Gasteiger partial charge in [-0.25, -0.2) is 9.78 Å². The molecule has 41 heavy (non-hydrogen) atoms. The lowest BCUT2D eigenvalue weighted by molar-refractivity contribution is -0.227. The van der Waals surface area contributed by atoms with Crippen LogP contribution in [0, 0.1) is 10.8 Å². The molecule has 0 spiro atoms. The number of carboxylic acid groups (broad SMARTS) is 1.